The van der Waals surface area contributed by atoms with E-state index in [1.807, 2.05) is 12.1 Å². The van der Waals surface area contributed by atoms with Gasteiger partial charge in [-0.25, -0.2) is 0 Å². The topological polar surface area (TPSA) is 21.3 Å². The highest BCUT2D eigenvalue weighted by Gasteiger charge is 2.20. The zero-order chi connectivity index (χ0) is 34.9. The van der Waals surface area contributed by atoms with Crippen molar-refractivity contribution in [1.29, 1.82) is 0 Å². The highest BCUT2D eigenvalue weighted by atomic mass is 16.3. The van der Waals surface area contributed by atoms with Crippen molar-refractivity contribution >= 4 is 82.4 Å². The number of hydrogen-bond acceptors (Lipinski definition) is 2. The lowest BCUT2D eigenvalue weighted by Crippen LogP contribution is -2.12. The molecule has 0 aliphatic carbocycles. The molecule has 0 unspecified atom stereocenters. The number of para-hydroxylation sites is 4. The fraction of sp³-hybridized carbons (Fsp3) is 0. The van der Waals surface area contributed by atoms with Crippen LogP contribution < -0.4 is 4.90 Å². The summed E-state index contributed by atoms with van der Waals surface area (Å²) in [5.74, 6) is 0. The lowest BCUT2D eigenvalue weighted by atomic mass is 9.99. The third-order valence-electron chi connectivity index (χ3n) is 10.7. The first kappa shape index (κ1) is 29.6. The molecule has 0 amide bonds. The second-order valence-corrected chi connectivity index (χ2v) is 13.7. The SMILES string of the molecule is c1cc(N(c2ccc3c(ccc4ccccc43)c2)c2ccccc2-c2ccc3c(c2)oc2ccccc23)cc(-n2c3ccccc3c3ccccc32)c1. The predicted molar refractivity (Wildman–Crippen MR) is 223 cm³/mol. The zero-order valence-electron chi connectivity index (χ0n) is 28.8. The fourth-order valence-electron chi connectivity index (χ4n) is 8.34. The molecule has 53 heavy (non-hydrogen) atoms. The Morgan fingerprint density at radius 1 is 0.377 bits per heavy atom. The first-order chi connectivity index (χ1) is 26.3. The molecule has 248 valence electrons. The summed E-state index contributed by atoms with van der Waals surface area (Å²) in [5.41, 5.74) is 10.7. The first-order valence-electron chi connectivity index (χ1n) is 18.1. The van der Waals surface area contributed by atoms with Crippen LogP contribution in [0, 0.1) is 0 Å². The Kier molecular flexibility index (Phi) is 6.55. The molecule has 2 aromatic heterocycles. The molecule has 0 N–H and O–H groups in total. The van der Waals surface area contributed by atoms with Crippen LogP contribution in [0.4, 0.5) is 17.1 Å². The van der Waals surface area contributed by atoms with Crippen molar-refractivity contribution in [1.82, 2.24) is 4.57 Å². The third-order valence-corrected chi connectivity index (χ3v) is 10.7. The number of rotatable bonds is 5. The molecule has 0 spiro atoms. The minimum Gasteiger partial charge on any atom is -0.456 e. The van der Waals surface area contributed by atoms with E-state index in [9.17, 15) is 0 Å². The Morgan fingerprint density at radius 3 is 1.85 bits per heavy atom. The Labute approximate surface area is 306 Å². The maximum absolute atomic E-state index is 6.38. The molecule has 11 rings (SSSR count). The van der Waals surface area contributed by atoms with Gasteiger partial charge in [0.25, 0.3) is 0 Å². The van der Waals surface area contributed by atoms with Crippen LogP contribution in [0.2, 0.25) is 0 Å². The van der Waals surface area contributed by atoms with E-state index in [4.69, 9.17) is 4.42 Å². The second kappa shape index (κ2) is 11.7. The van der Waals surface area contributed by atoms with E-state index in [-0.39, 0.29) is 0 Å². The molecule has 0 aliphatic heterocycles. The summed E-state index contributed by atoms with van der Waals surface area (Å²) in [4.78, 5) is 2.41. The van der Waals surface area contributed by atoms with Crippen molar-refractivity contribution in [2.45, 2.75) is 0 Å². The summed E-state index contributed by atoms with van der Waals surface area (Å²) in [5, 5.41) is 9.71. The zero-order valence-corrected chi connectivity index (χ0v) is 28.8. The molecule has 0 atom stereocenters. The monoisotopic (exact) mass is 676 g/mol. The van der Waals surface area contributed by atoms with Crippen molar-refractivity contribution in [2.75, 3.05) is 4.90 Å². The van der Waals surface area contributed by atoms with Crippen LogP contribution in [0.5, 0.6) is 0 Å². The van der Waals surface area contributed by atoms with Gasteiger partial charge in [0.2, 0.25) is 0 Å². The number of benzene rings is 9. The van der Waals surface area contributed by atoms with Crippen molar-refractivity contribution < 1.29 is 4.42 Å². The van der Waals surface area contributed by atoms with E-state index < -0.39 is 0 Å². The Balaban J connectivity index is 1.15. The normalized spacial score (nSPS) is 11.8. The molecule has 2 heterocycles. The Bertz CT molecular complexity index is 3150. The minimum atomic E-state index is 0.885. The van der Waals surface area contributed by atoms with Gasteiger partial charge in [-0.15, -0.1) is 0 Å². The van der Waals surface area contributed by atoms with Gasteiger partial charge in [-0.1, -0.05) is 127 Å². The maximum atomic E-state index is 6.38. The lowest BCUT2D eigenvalue weighted by molar-refractivity contribution is 0.669. The highest BCUT2D eigenvalue weighted by molar-refractivity contribution is 6.11. The number of hydrogen-bond donors (Lipinski definition) is 0. The van der Waals surface area contributed by atoms with E-state index in [0.29, 0.717) is 0 Å². The highest BCUT2D eigenvalue weighted by Crippen LogP contribution is 2.44. The van der Waals surface area contributed by atoms with Crippen molar-refractivity contribution in [2.24, 2.45) is 0 Å². The van der Waals surface area contributed by atoms with E-state index in [1.54, 1.807) is 0 Å². The molecule has 11 aromatic rings. The van der Waals surface area contributed by atoms with E-state index in [1.165, 1.54) is 43.4 Å². The van der Waals surface area contributed by atoms with Crippen LogP contribution in [0.25, 0.3) is 82.1 Å². The van der Waals surface area contributed by atoms with Crippen LogP contribution in [0.3, 0.4) is 0 Å². The van der Waals surface area contributed by atoms with Gasteiger partial charge in [-0.2, -0.15) is 0 Å². The largest absolute Gasteiger partial charge is 0.456 e. The summed E-state index contributed by atoms with van der Waals surface area (Å²) >= 11 is 0. The van der Waals surface area contributed by atoms with Gasteiger partial charge >= 0.3 is 0 Å². The van der Waals surface area contributed by atoms with Crippen LogP contribution >= 0.6 is 0 Å². The first-order valence-corrected chi connectivity index (χ1v) is 18.1. The molecular weight excluding hydrogens is 645 g/mol. The molecule has 3 heteroatoms. The summed E-state index contributed by atoms with van der Waals surface area (Å²) < 4.78 is 8.77. The van der Waals surface area contributed by atoms with Gasteiger partial charge in [-0.3, -0.25) is 0 Å². The number of fused-ring (bicyclic) bond motifs is 9. The Hall–Kier alpha value is -7.10. The molecule has 0 radical (unpaired) electrons. The average molecular weight is 677 g/mol. The fourth-order valence-corrected chi connectivity index (χ4v) is 8.34. The number of anilines is 3. The van der Waals surface area contributed by atoms with Crippen LogP contribution in [-0.2, 0) is 0 Å². The van der Waals surface area contributed by atoms with Gasteiger partial charge < -0.3 is 13.9 Å². The van der Waals surface area contributed by atoms with Gasteiger partial charge in [0.05, 0.1) is 16.7 Å². The van der Waals surface area contributed by atoms with Crippen LogP contribution in [-0.4, -0.2) is 4.57 Å². The summed E-state index contributed by atoms with van der Waals surface area (Å²) in [6, 6.07) is 69.9. The average Bonchev–Trinajstić information content (AvgIpc) is 3.77. The van der Waals surface area contributed by atoms with Gasteiger partial charge in [0.1, 0.15) is 11.2 Å². The smallest absolute Gasteiger partial charge is 0.136 e. The molecule has 0 saturated heterocycles. The van der Waals surface area contributed by atoms with Crippen molar-refractivity contribution in [3.8, 4) is 16.8 Å². The molecule has 9 aromatic carbocycles. The number of nitrogens with zero attached hydrogens (tertiary/aromatic N) is 2. The third kappa shape index (κ3) is 4.68. The van der Waals surface area contributed by atoms with Crippen LogP contribution in [0.15, 0.2) is 199 Å². The van der Waals surface area contributed by atoms with Crippen molar-refractivity contribution in [3.05, 3.63) is 194 Å². The summed E-state index contributed by atoms with van der Waals surface area (Å²) in [6.07, 6.45) is 0. The van der Waals surface area contributed by atoms with E-state index in [2.05, 4.69) is 191 Å². The molecule has 0 saturated carbocycles. The molecule has 0 aliphatic rings. The number of furan rings is 1. The number of aromatic nitrogens is 1. The maximum Gasteiger partial charge on any atom is 0.136 e. The predicted octanol–water partition coefficient (Wildman–Crippen LogP) is 14.1. The quantitative estimate of drug-likeness (QED) is 0.169. The summed E-state index contributed by atoms with van der Waals surface area (Å²) in [6.45, 7) is 0. The molecule has 3 nitrogen and oxygen atoms in total. The molecular formula is C50H32N2O. The lowest BCUT2D eigenvalue weighted by Gasteiger charge is -2.29. The van der Waals surface area contributed by atoms with Gasteiger partial charge in [-0.05, 0) is 93.8 Å². The molecule has 0 bridgehead atoms. The minimum absolute atomic E-state index is 0.885. The standard InChI is InChI=1S/C50H32N2O/c1-2-15-39-33(12-1)24-25-34-30-38(27-29-40(34)39)51(36-13-11-14-37(32-36)52-47-21-8-4-17-42(47)43-18-5-9-22-48(43)52)46-20-7-3-16-41(46)35-26-28-45-44-19-6-10-23-49(44)53-50(45)31-35/h1-32H. The summed E-state index contributed by atoms with van der Waals surface area (Å²) in [7, 11) is 0. The molecule has 0 fully saturated rings. The second-order valence-electron chi connectivity index (χ2n) is 13.7. The van der Waals surface area contributed by atoms with Crippen molar-refractivity contribution in [3.63, 3.8) is 0 Å². The van der Waals surface area contributed by atoms with Gasteiger partial charge in [0.15, 0.2) is 0 Å². The van der Waals surface area contributed by atoms with Gasteiger partial charge in [0, 0.05) is 44.2 Å². The Morgan fingerprint density at radius 2 is 1.00 bits per heavy atom. The van der Waals surface area contributed by atoms with Crippen LogP contribution in [0.1, 0.15) is 0 Å². The van der Waals surface area contributed by atoms with E-state index >= 15 is 0 Å². The van der Waals surface area contributed by atoms with E-state index in [0.717, 1.165) is 55.8 Å².